The van der Waals surface area contributed by atoms with Crippen LogP contribution in [0.1, 0.15) is 0 Å². The van der Waals surface area contributed by atoms with Gasteiger partial charge < -0.3 is 10.7 Å². The third-order valence-corrected chi connectivity index (χ3v) is 4.63. The predicted molar refractivity (Wildman–Crippen MR) is 91.4 cm³/mol. The van der Waals surface area contributed by atoms with Crippen LogP contribution in [-0.2, 0) is 0 Å². The van der Waals surface area contributed by atoms with Crippen molar-refractivity contribution in [3.63, 3.8) is 0 Å². The van der Waals surface area contributed by atoms with Gasteiger partial charge in [0.25, 0.3) is 0 Å². The van der Waals surface area contributed by atoms with Crippen molar-refractivity contribution in [1.29, 1.82) is 0 Å². The molecule has 2 aromatic carbocycles. The van der Waals surface area contributed by atoms with Crippen molar-refractivity contribution < 1.29 is 0 Å². The molecule has 0 aliphatic heterocycles. The number of hydrogen-bond acceptors (Lipinski definition) is 2. The van der Waals surface area contributed by atoms with Crippen LogP contribution in [0.15, 0.2) is 33.2 Å². The lowest BCUT2D eigenvalue weighted by Crippen LogP contribution is -1.93. The van der Waals surface area contributed by atoms with Crippen LogP contribution in [0.4, 0.5) is 5.69 Å². The lowest BCUT2D eigenvalue weighted by atomic mass is 10.2. The van der Waals surface area contributed by atoms with Crippen molar-refractivity contribution >= 4 is 71.8 Å². The molecular weight excluding hydrogens is 429 g/mol. The Morgan fingerprint density at radius 3 is 2.50 bits per heavy atom. The average molecular weight is 436 g/mol. The zero-order valence-electron chi connectivity index (χ0n) is 9.85. The number of halogens is 4. The molecule has 0 saturated carbocycles. The minimum atomic E-state index is 0.541. The molecule has 3 rings (SSSR count). The van der Waals surface area contributed by atoms with Gasteiger partial charge in [-0.3, -0.25) is 0 Å². The van der Waals surface area contributed by atoms with Crippen LogP contribution in [0.5, 0.6) is 0 Å². The summed E-state index contributed by atoms with van der Waals surface area (Å²) in [5.74, 6) is 0.620. The van der Waals surface area contributed by atoms with E-state index in [1.165, 1.54) is 0 Å². The van der Waals surface area contributed by atoms with E-state index in [1.807, 2.05) is 12.1 Å². The van der Waals surface area contributed by atoms with Crippen molar-refractivity contribution in [1.82, 2.24) is 9.97 Å². The summed E-state index contributed by atoms with van der Waals surface area (Å²) < 4.78 is 1.69. The first-order valence-electron chi connectivity index (χ1n) is 5.56. The Morgan fingerprint density at radius 1 is 1.10 bits per heavy atom. The number of nitrogens with one attached hydrogen (secondary N) is 1. The number of nitrogens with zero attached hydrogens (tertiary/aromatic N) is 1. The Morgan fingerprint density at radius 2 is 1.80 bits per heavy atom. The molecule has 0 fully saturated rings. The van der Waals surface area contributed by atoms with Gasteiger partial charge in [0.2, 0.25) is 0 Å². The lowest BCUT2D eigenvalue weighted by Gasteiger charge is -2.05. The van der Waals surface area contributed by atoms with Gasteiger partial charge in [0, 0.05) is 14.5 Å². The lowest BCUT2D eigenvalue weighted by molar-refractivity contribution is 1.33. The van der Waals surface area contributed by atoms with Crippen molar-refractivity contribution in [3.05, 3.63) is 43.3 Å². The van der Waals surface area contributed by atoms with Gasteiger partial charge in [-0.25, -0.2) is 4.98 Å². The second kappa shape index (κ2) is 5.22. The summed E-state index contributed by atoms with van der Waals surface area (Å²) in [6, 6.07) is 7.21. The molecule has 3 aromatic rings. The largest absolute Gasteiger partial charge is 0.397 e. The monoisotopic (exact) mass is 433 g/mol. The maximum atomic E-state index is 6.15. The maximum Gasteiger partial charge on any atom is 0.140 e. The molecule has 1 heterocycles. The zero-order valence-corrected chi connectivity index (χ0v) is 14.5. The van der Waals surface area contributed by atoms with Crippen LogP contribution in [0.2, 0.25) is 10.0 Å². The van der Waals surface area contributed by atoms with E-state index < -0.39 is 0 Å². The fourth-order valence-corrected chi connectivity index (χ4v) is 3.56. The third-order valence-electron chi connectivity index (χ3n) is 2.89. The zero-order chi connectivity index (χ0) is 14.4. The Balaban J connectivity index is 2.31. The third kappa shape index (κ3) is 2.33. The van der Waals surface area contributed by atoms with Gasteiger partial charge in [-0.05, 0) is 40.2 Å². The molecule has 0 bridgehead atoms. The molecule has 0 amide bonds. The number of H-pyrrole nitrogens is 1. The van der Waals surface area contributed by atoms with E-state index in [9.17, 15) is 0 Å². The number of hydrogen-bond donors (Lipinski definition) is 2. The van der Waals surface area contributed by atoms with E-state index in [0.29, 0.717) is 32.6 Å². The fourth-order valence-electron chi connectivity index (χ4n) is 1.94. The number of nitrogens with two attached hydrogens (primary N) is 1. The molecule has 3 N–H and O–H groups in total. The van der Waals surface area contributed by atoms with E-state index in [4.69, 9.17) is 28.9 Å². The first kappa shape index (κ1) is 14.2. The minimum absolute atomic E-state index is 0.541. The Kier molecular flexibility index (Phi) is 3.71. The number of aromatic nitrogens is 2. The highest BCUT2D eigenvalue weighted by Crippen LogP contribution is 2.36. The smallest absolute Gasteiger partial charge is 0.140 e. The van der Waals surface area contributed by atoms with Gasteiger partial charge in [0.15, 0.2) is 0 Å². The number of nitrogen functional groups attached to an aromatic ring is 1. The molecule has 0 saturated heterocycles. The summed E-state index contributed by atoms with van der Waals surface area (Å²) in [5, 5.41) is 1.11. The van der Waals surface area contributed by atoms with Crippen LogP contribution >= 0.6 is 55.1 Å². The summed E-state index contributed by atoms with van der Waals surface area (Å²) in [5.41, 5.74) is 8.79. The van der Waals surface area contributed by atoms with E-state index in [0.717, 1.165) is 14.5 Å². The molecule has 20 heavy (non-hydrogen) atoms. The molecule has 0 atom stereocenters. The Labute approximate surface area is 141 Å². The van der Waals surface area contributed by atoms with Crippen molar-refractivity contribution in [2.45, 2.75) is 0 Å². The Hall–Kier alpha value is -0.750. The number of rotatable bonds is 1. The number of fused-ring (bicyclic) bond motifs is 1. The molecule has 0 unspecified atom stereocenters. The quantitative estimate of drug-likeness (QED) is 0.486. The van der Waals surface area contributed by atoms with Gasteiger partial charge in [-0.2, -0.15) is 0 Å². The second-order valence-electron chi connectivity index (χ2n) is 4.19. The van der Waals surface area contributed by atoms with Crippen LogP contribution in [-0.4, -0.2) is 9.97 Å². The van der Waals surface area contributed by atoms with Crippen LogP contribution in [0.25, 0.3) is 22.4 Å². The summed E-state index contributed by atoms with van der Waals surface area (Å²) in [6.07, 6.45) is 0. The first-order valence-corrected chi connectivity index (χ1v) is 7.90. The topological polar surface area (TPSA) is 54.7 Å². The molecular formula is C13H7Br2Cl2N3. The normalized spacial score (nSPS) is 11.2. The van der Waals surface area contributed by atoms with Gasteiger partial charge >= 0.3 is 0 Å². The number of imidazole rings is 1. The van der Waals surface area contributed by atoms with E-state index in [2.05, 4.69) is 41.8 Å². The summed E-state index contributed by atoms with van der Waals surface area (Å²) in [4.78, 5) is 7.66. The summed E-state index contributed by atoms with van der Waals surface area (Å²) in [6.45, 7) is 0. The number of anilines is 1. The SMILES string of the molecule is Nc1c(Br)cc(Br)cc1-c1nc2c(Cl)ccc(Cl)c2[nH]1. The first-order chi connectivity index (χ1) is 9.47. The van der Waals surface area contributed by atoms with Gasteiger partial charge in [-0.15, -0.1) is 0 Å². The van der Waals surface area contributed by atoms with E-state index in [1.54, 1.807) is 12.1 Å². The average Bonchev–Trinajstić information content (AvgIpc) is 2.84. The van der Waals surface area contributed by atoms with E-state index in [-0.39, 0.29) is 0 Å². The van der Waals surface area contributed by atoms with Crippen molar-refractivity contribution in [2.24, 2.45) is 0 Å². The molecule has 0 radical (unpaired) electrons. The second-order valence-corrected chi connectivity index (χ2v) is 6.77. The van der Waals surface area contributed by atoms with E-state index >= 15 is 0 Å². The van der Waals surface area contributed by atoms with Crippen LogP contribution in [0.3, 0.4) is 0 Å². The highest BCUT2D eigenvalue weighted by Gasteiger charge is 2.14. The van der Waals surface area contributed by atoms with Crippen molar-refractivity contribution in [3.8, 4) is 11.4 Å². The Bertz CT molecular complexity index is 791. The van der Waals surface area contributed by atoms with Gasteiger partial charge in [0.05, 0.1) is 21.2 Å². The molecule has 0 aliphatic carbocycles. The minimum Gasteiger partial charge on any atom is -0.397 e. The molecule has 0 spiro atoms. The molecule has 0 aliphatic rings. The molecule has 7 heteroatoms. The fraction of sp³-hybridized carbons (Fsp3) is 0. The van der Waals surface area contributed by atoms with Crippen LogP contribution < -0.4 is 5.73 Å². The standard InChI is InChI=1S/C13H7Br2Cl2N3/c14-5-3-6(10(18)7(15)4-5)13-19-11-8(16)1-2-9(17)12(11)20-13/h1-4H,18H2,(H,19,20). The highest BCUT2D eigenvalue weighted by atomic mass is 79.9. The van der Waals surface area contributed by atoms with Crippen LogP contribution in [0, 0.1) is 0 Å². The molecule has 1 aromatic heterocycles. The van der Waals surface area contributed by atoms with Gasteiger partial charge in [0.1, 0.15) is 11.3 Å². The van der Waals surface area contributed by atoms with Crippen molar-refractivity contribution in [2.75, 3.05) is 5.73 Å². The predicted octanol–water partition coefficient (Wildman–Crippen LogP) is 5.64. The summed E-state index contributed by atoms with van der Waals surface area (Å²) in [7, 11) is 0. The highest BCUT2D eigenvalue weighted by molar-refractivity contribution is 9.11. The van der Waals surface area contributed by atoms with Gasteiger partial charge in [-0.1, -0.05) is 39.1 Å². The molecule has 102 valence electrons. The molecule has 3 nitrogen and oxygen atoms in total. The summed E-state index contributed by atoms with van der Waals surface area (Å²) >= 11 is 19.1. The maximum absolute atomic E-state index is 6.15. The number of aromatic amines is 1. The number of benzene rings is 2.